The first-order valence-electron chi connectivity index (χ1n) is 6.27. The van der Waals surface area contributed by atoms with Crippen molar-refractivity contribution in [2.75, 3.05) is 0 Å². The molecule has 0 aromatic heterocycles. The van der Waals surface area contributed by atoms with Crippen LogP contribution < -0.4 is 0 Å². The highest BCUT2D eigenvalue weighted by Gasteiger charge is 2.37. The molecule has 1 N–H and O–H groups in total. The van der Waals surface area contributed by atoms with E-state index in [2.05, 4.69) is 6.07 Å². The average molecular weight is 259 g/mol. The Balaban J connectivity index is 2.20. The molecule has 2 aromatic carbocycles. The Morgan fingerprint density at radius 3 is 2.39 bits per heavy atom. The van der Waals surface area contributed by atoms with Crippen molar-refractivity contribution in [1.82, 2.24) is 0 Å². The van der Waals surface area contributed by atoms with Crippen molar-refractivity contribution in [1.29, 1.82) is 0 Å². The summed E-state index contributed by atoms with van der Waals surface area (Å²) in [6.45, 7) is 0. The van der Waals surface area contributed by atoms with Gasteiger partial charge >= 0.3 is 0 Å². The number of rotatable bonds is 1. The Kier molecular flexibility index (Phi) is 2.89. The van der Waals surface area contributed by atoms with E-state index in [0.29, 0.717) is 5.02 Å². The standard InChI is InChI=1S/C16H15ClO/c17-15-10-4-3-9-14(15)16(18)11-5-7-12-6-1-2-8-13(12)16/h1-4,6,8-10,18H,5,7,11H2. The number of aryl methyl sites for hydroxylation is 1. The molecule has 1 atom stereocenters. The molecule has 0 saturated carbocycles. The van der Waals surface area contributed by atoms with Crippen molar-refractivity contribution >= 4 is 11.6 Å². The fourth-order valence-corrected chi connectivity index (χ4v) is 3.18. The van der Waals surface area contributed by atoms with Gasteiger partial charge in [-0.3, -0.25) is 0 Å². The molecule has 0 aliphatic heterocycles. The van der Waals surface area contributed by atoms with Gasteiger partial charge in [0.2, 0.25) is 0 Å². The predicted molar refractivity (Wildman–Crippen MR) is 73.8 cm³/mol. The Labute approximate surface area is 112 Å². The topological polar surface area (TPSA) is 20.2 Å². The van der Waals surface area contributed by atoms with E-state index in [1.807, 2.05) is 42.5 Å². The van der Waals surface area contributed by atoms with E-state index in [9.17, 15) is 5.11 Å². The zero-order chi connectivity index (χ0) is 12.6. The smallest absolute Gasteiger partial charge is 0.116 e. The summed E-state index contributed by atoms with van der Waals surface area (Å²) in [4.78, 5) is 0. The molecule has 2 heteroatoms. The summed E-state index contributed by atoms with van der Waals surface area (Å²) in [5.41, 5.74) is 2.11. The van der Waals surface area contributed by atoms with Gasteiger partial charge in [0.25, 0.3) is 0 Å². The first kappa shape index (κ1) is 11.8. The highest BCUT2D eigenvalue weighted by atomic mass is 35.5. The number of halogens is 1. The molecule has 18 heavy (non-hydrogen) atoms. The zero-order valence-corrected chi connectivity index (χ0v) is 10.8. The molecule has 0 fully saturated rings. The SMILES string of the molecule is OC1(c2ccccc2Cl)CCCc2ccccc21. The Morgan fingerprint density at radius 1 is 0.944 bits per heavy atom. The molecule has 0 bridgehead atoms. The summed E-state index contributed by atoms with van der Waals surface area (Å²) in [5.74, 6) is 0. The first-order valence-corrected chi connectivity index (χ1v) is 6.65. The van der Waals surface area contributed by atoms with Gasteiger partial charge in [-0.2, -0.15) is 0 Å². The Hall–Kier alpha value is -1.31. The van der Waals surface area contributed by atoms with E-state index < -0.39 is 5.60 Å². The van der Waals surface area contributed by atoms with E-state index >= 15 is 0 Å². The van der Waals surface area contributed by atoms with E-state index in [1.165, 1.54) is 5.56 Å². The van der Waals surface area contributed by atoms with Crippen molar-refractivity contribution in [3.05, 3.63) is 70.2 Å². The maximum atomic E-state index is 11.1. The molecule has 3 rings (SSSR count). The van der Waals surface area contributed by atoms with Crippen LogP contribution in [-0.2, 0) is 12.0 Å². The molecule has 1 aliphatic carbocycles. The molecule has 2 aromatic rings. The molecule has 0 radical (unpaired) electrons. The first-order chi connectivity index (χ1) is 8.72. The molecule has 1 nitrogen and oxygen atoms in total. The van der Waals surface area contributed by atoms with Crippen LogP contribution in [0.1, 0.15) is 29.5 Å². The van der Waals surface area contributed by atoms with Crippen molar-refractivity contribution in [3.63, 3.8) is 0 Å². The maximum Gasteiger partial charge on any atom is 0.116 e. The fourth-order valence-electron chi connectivity index (χ4n) is 2.89. The van der Waals surface area contributed by atoms with Gasteiger partial charge in [-0.1, -0.05) is 54.1 Å². The molecule has 92 valence electrons. The van der Waals surface area contributed by atoms with Crippen LogP contribution in [0.5, 0.6) is 0 Å². The van der Waals surface area contributed by atoms with Crippen molar-refractivity contribution in [3.8, 4) is 0 Å². The molecular formula is C16H15ClO. The summed E-state index contributed by atoms with van der Waals surface area (Å²) in [6.07, 6.45) is 2.75. The minimum absolute atomic E-state index is 0.636. The van der Waals surface area contributed by atoms with Gasteiger partial charge in [-0.05, 0) is 36.5 Å². The largest absolute Gasteiger partial charge is 0.380 e. The molecule has 1 aliphatic rings. The normalized spacial score (nSPS) is 22.6. The van der Waals surface area contributed by atoms with Crippen LogP contribution in [0, 0.1) is 0 Å². The summed E-state index contributed by atoms with van der Waals surface area (Å²) in [6, 6.07) is 15.7. The molecule has 0 heterocycles. The third-order valence-electron chi connectivity index (χ3n) is 3.77. The highest BCUT2D eigenvalue weighted by Crippen LogP contribution is 2.42. The number of fused-ring (bicyclic) bond motifs is 1. The lowest BCUT2D eigenvalue weighted by Gasteiger charge is -2.35. The number of hydrogen-bond acceptors (Lipinski definition) is 1. The van der Waals surface area contributed by atoms with Crippen LogP contribution in [-0.4, -0.2) is 5.11 Å². The molecule has 0 amide bonds. The van der Waals surface area contributed by atoms with Crippen molar-refractivity contribution in [2.24, 2.45) is 0 Å². The molecule has 0 saturated heterocycles. The quantitative estimate of drug-likeness (QED) is 0.822. The number of hydrogen-bond donors (Lipinski definition) is 1. The fraction of sp³-hybridized carbons (Fsp3) is 0.250. The van der Waals surface area contributed by atoms with E-state index in [4.69, 9.17) is 11.6 Å². The molecular weight excluding hydrogens is 244 g/mol. The number of benzene rings is 2. The monoisotopic (exact) mass is 258 g/mol. The van der Waals surface area contributed by atoms with Crippen molar-refractivity contribution in [2.45, 2.75) is 24.9 Å². The van der Waals surface area contributed by atoms with Crippen LogP contribution in [0.25, 0.3) is 0 Å². The third-order valence-corrected chi connectivity index (χ3v) is 4.10. The molecule has 1 unspecified atom stereocenters. The van der Waals surface area contributed by atoms with Gasteiger partial charge in [0, 0.05) is 10.6 Å². The second kappa shape index (κ2) is 4.42. The Bertz CT molecular complexity index is 579. The van der Waals surface area contributed by atoms with Gasteiger partial charge < -0.3 is 5.11 Å². The summed E-state index contributed by atoms with van der Waals surface area (Å²) in [5, 5.41) is 11.7. The second-order valence-corrected chi connectivity index (χ2v) is 5.26. The third kappa shape index (κ3) is 1.75. The van der Waals surface area contributed by atoms with E-state index in [1.54, 1.807) is 0 Å². The van der Waals surface area contributed by atoms with Crippen LogP contribution in [0.2, 0.25) is 5.02 Å². The zero-order valence-electron chi connectivity index (χ0n) is 10.1. The van der Waals surface area contributed by atoms with Crippen LogP contribution in [0.15, 0.2) is 48.5 Å². The lowest BCUT2D eigenvalue weighted by Crippen LogP contribution is -2.32. The number of aliphatic hydroxyl groups is 1. The van der Waals surface area contributed by atoms with Crippen LogP contribution in [0.4, 0.5) is 0 Å². The average Bonchev–Trinajstić information content (AvgIpc) is 2.40. The lowest BCUT2D eigenvalue weighted by atomic mass is 9.75. The lowest BCUT2D eigenvalue weighted by molar-refractivity contribution is 0.0617. The summed E-state index contributed by atoms with van der Waals surface area (Å²) in [7, 11) is 0. The highest BCUT2D eigenvalue weighted by molar-refractivity contribution is 6.31. The Morgan fingerprint density at radius 2 is 1.61 bits per heavy atom. The van der Waals surface area contributed by atoms with Gasteiger partial charge in [0.15, 0.2) is 0 Å². The van der Waals surface area contributed by atoms with Crippen LogP contribution >= 0.6 is 11.6 Å². The van der Waals surface area contributed by atoms with E-state index in [0.717, 1.165) is 30.4 Å². The van der Waals surface area contributed by atoms with Crippen molar-refractivity contribution < 1.29 is 5.11 Å². The molecule has 0 spiro atoms. The summed E-state index contributed by atoms with van der Waals surface area (Å²) < 4.78 is 0. The minimum Gasteiger partial charge on any atom is -0.380 e. The minimum atomic E-state index is -0.937. The maximum absolute atomic E-state index is 11.1. The predicted octanol–water partition coefficient (Wildman–Crippen LogP) is 3.91. The van der Waals surface area contributed by atoms with Gasteiger partial charge in [-0.15, -0.1) is 0 Å². The summed E-state index contributed by atoms with van der Waals surface area (Å²) >= 11 is 6.25. The van der Waals surface area contributed by atoms with Crippen LogP contribution in [0.3, 0.4) is 0 Å². The van der Waals surface area contributed by atoms with Gasteiger partial charge in [0.1, 0.15) is 5.60 Å². The second-order valence-electron chi connectivity index (χ2n) is 4.85. The van der Waals surface area contributed by atoms with Gasteiger partial charge in [-0.25, -0.2) is 0 Å². The van der Waals surface area contributed by atoms with E-state index in [-0.39, 0.29) is 0 Å². The van der Waals surface area contributed by atoms with Gasteiger partial charge in [0.05, 0.1) is 0 Å².